The van der Waals surface area contributed by atoms with Crippen molar-refractivity contribution in [1.82, 2.24) is 5.32 Å². The molecule has 1 rings (SSSR count). The predicted octanol–water partition coefficient (Wildman–Crippen LogP) is 4.85. The van der Waals surface area contributed by atoms with Gasteiger partial charge in [-0.2, -0.15) is 0 Å². The molecule has 1 N–H and O–H groups in total. The summed E-state index contributed by atoms with van der Waals surface area (Å²) >= 11 is 1.63. The van der Waals surface area contributed by atoms with Crippen LogP contribution < -0.4 is 5.32 Å². The van der Waals surface area contributed by atoms with Gasteiger partial charge in [-0.3, -0.25) is 0 Å². The van der Waals surface area contributed by atoms with Gasteiger partial charge in [0.25, 0.3) is 0 Å². The second-order valence-electron chi connectivity index (χ2n) is 5.35. The Morgan fingerprint density at radius 3 is 2.68 bits per heavy atom. The third kappa shape index (κ3) is 6.98. The van der Waals surface area contributed by atoms with E-state index in [1.165, 1.54) is 12.8 Å². The Morgan fingerprint density at radius 1 is 1.26 bits per heavy atom. The Bertz CT molecular complexity index is 366. The van der Waals surface area contributed by atoms with E-state index in [4.69, 9.17) is 0 Å². The van der Waals surface area contributed by atoms with Crippen LogP contribution in [0.3, 0.4) is 0 Å². The summed E-state index contributed by atoms with van der Waals surface area (Å²) in [6.45, 7) is 8.24. The summed E-state index contributed by atoms with van der Waals surface area (Å²) in [7, 11) is 0. The van der Waals surface area contributed by atoms with Crippen molar-refractivity contribution >= 4 is 11.8 Å². The van der Waals surface area contributed by atoms with Gasteiger partial charge in [-0.05, 0) is 42.3 Å². The van der Waals surface area contributed by atoms with Crippen molar-refractivity contribution in [3.8, 4) is 0 Å². The van der Waals surface area contributed by atoms with Crippen LogP contribution in [0.4, 0.5) is 4.39 Å². The molecule has 108 valence electrons. The fourth-order valence-corrected chi connectivity index (χ4v) is 2.74. The maximum absolute atomic E-state index is 13.9. The summed E-state index contributed by atoms with van der Waals surface area (Å²) in [5.74, 6) is 1.55. The highest BCUT2D eigenvalue weighted by molar-refractivity contribution is 7.99. The van der Waals surface area contributed by atoms with E-state index in [2.05, 4.69) is 26.1 Å². The molecule has 0 aliphatic carbocycles. The largest absolute Gasteiger partial charge is 0.312 e. The van der Waals surface area contributed by atoms with Crippen molar-refractivity contribution in [3.05, 3.63) is 29.6 Å². The number of hydrogen-bond acceptors (Lipinski definition) is 2. The van der Waals surface area contributed by atoms with Crippen LogP contribution in [-0.2, 0) is 6.54 Å². The number of halogens is 1. The van der Waals surface area contributed by atoms with Gasteiger partial charge < -0.3 is 5.32 Å². The number of nitrogens with one attached hydrogen (secondary N) is 1. The molecule has 3 heteroatoms. The summed E-state index contributed by atoms with van der Waals surface area (Å²) < 4.78 is 13.9. The molecule has 0 saturated carbocycles. The summed E-state index contributed by atoms with van der Waals surface area (Å²) in [5, 5.41) is 3.33. The van der Waals surface area contributed by atoms with E-state index in [1.54, 1.807) is 17.8 Å². The monoisotopic (exact) mass is 283 g/mol. The van der Waals surface area contributed by atoms with Crippen LogP contribution in [0.2, 0.25) is 0 Å². The number of hydrogen-bond donors (Lipinski definition) is 1. The first kappa shape index (κ1) is 16.5. The SMILES string of the molecule is CCCCCSc1ccc(CNCC(C)C)cc1F. The van der Waals surface area contributed by atoms with Crippen LogP contribution >= 0.6 is 11.8 Å². The number of rotatable bonds is 9. The molecule has 0 atom stereocenters. The van der Waals surface area contributed by atoms with Crippen molar-refractivity contribution in [3.63, 3.8) is 0 Å². The van der Waals surface area contributed by atoms with Gasteiger partial charge in [0.2, 0.25) is 0 Å². The molecule has 0 aromatic heterocycles. The number of thioether (sulfide) groups is 1. The van der Waals surface area contributed by atoms with E-state index >= 15 is 0 Å². The quantitative estimate of drug-likeness (QED) is 0.513. The summed E-state index contributed by atoms with van der Waals surface area (Å²) in [4.78, 5) is 0.781. The Morgan fingerprint density at radius 2 is 2.05 bits per heavy atom. The molecule has 1 aromatic rings. The Kier molecular flexibility index (Phi) is 8.15. The van der Waals surface area contributed by atoms with Gasteiger partial charge in [0.1, 0.15) is 5.82 Å². The third-order valence-electron chi connectivity index (χ3n) is 2.88. The average Bonchev–Trinajstić information content (AvgIpc) is 2.36. The molecule has 0 aliphatic rings. The van der Waals surface area contributed by atoms with Crippen LogP contribution in [-0.4, -0.2) is 12.3 Å². The van der Waals surface area contributed by atoms with Gasteiger partial charge in [0.05, 0.1) is 0 Å². The molecule has 0 saturated heterocycles. The van der Waals surface area contributed by atoms with Crippen molar-refractivity contribution in [2.75, 3.05) is 12.3 Å². The van der Waals surface area contributed by atoms with Crippen LogP contribution in [0, 0.1) is 11.7 Å². The molecular weight excluding hydrogens is 257 g/mol. The summed E-state index contributed by atoms with van der Waals surface area (Å²) in [6.07, 6.45) is 3.60. The minimum absolute atomic E-state index is 0.0784. The number of benzene rings is 1. The molecule has 19 heavy (non-hydrogen) atoms. The topological polar surface area (TPSA) is 12.0 Å². The molecule has 0 fully saturated rings. The maximum Gasteiger partial charge on any atom is 0.137 e. The summed E-state index contributed by atoms with van der Waals surface area (Å²) in [5.41, 5.74) is 1.02. The first-order chi connectivity index (χ1) is 9.13. The van der Waals surface area contributed by atoms with E-state index in [1.807, 2.05) is 12.1 Å². The van der Waals surface area contributed by atoms with Crippen molar-refractivity contribution in [2.24, 2.45) is 5.92 Å². The van der Waals surface area contributed by atoms with E-state index in [-0.39, 0.29) is 5.82 Å². The minimum atomic E-state index is -0.0784. The lowest BCUT2D eigenvalue weighted by Crippen LogP contribution is -2.18. The highest BCUT2D eigenvalue weighted by Crippen LogP contribution is 2.23. The lowest BCUT2D eigenvalue weighted by Gasteiger charge is -2.09. The first-order valence-corrected chi connectivity index (χ1v) is 8.24. The molecule has 1 aromatic carbocycles. The minimum Gasteiger partial charge on any atom is -0.312 e. The van der Waals surface area contributed by atoms with Crippen LogP contribution in [0.15, 0.2) is 23.1 Å². The van der Waals surface area contributed by atoms with Crippen molar-refractivity contribution < 1.29 is 4.39 Å². The van der Waals surface area contributed by atoms with Gasteiger partial charge in [-0.1, -0.05) is 39.7 Å². The number of unbranched alkanes of at least 4 members (excludes halogenated alkanes) is 2. The first-order valence-electron chi connectivity index (χ1n) is 7.25. The van der Waals surface area contributed by atoms with E-state index < -0.39 is 0 Å². The molecule has 0 spiro atoms. The van der Waals surface area contributed by atoms with Gasteiger partial charge >= 0.3 is 0 Å². The molecule has 0 radical (unpaired) electrons. The van der Waals surface area contributed by atoms with Gasteiger partial charge in [0.15, 0.2) is 0 Å². The molecular formula is C16H26FNS. The standard InChI is InChI=1S/C16H26FNS/c1-4-5-6-9-19-16-8-7-14(10-15(16)17)12-18-11-13(2)3/h7-8,10,13,18H,4-6,9,11-12H2,1-3H3. The smallest absolute Gasteiger partial charge is 0.137 e. The van der Waals surface area contributed by atoms with E-state index in [9.17, 15) is 4.39 Å². The predicted molar refractivity (Wildman–Crippen MR) is 83.2 cm³/mol. The molecule has 0 amide bonds. The third-order valence-corrected chi connectivity index (χ3v) is 4.02. The lowest BCUT2D eigenvalue weighted by atomic mass is 10.2. The van der Waals surface area contributed by atoms with Crippen LogP contribution in [0.25, 0.3) is 0 Å². The van der Waals surface area contributed by atoms with Crippen molar-refractivity contribution in [2.45, 2.75) is 51.5 Å². The molecule has 0 aliphatic heterocycles. The second kappa shape index (κ2) is 9.38. The maximum atomic E-state index is 13.9. The molecule has 0 heterocycles. The Labute approximate surface area is 121 Å². The summed E-state index contributed by atoms with van der Waals surface area (Å²) in [6, 6.07) is 5.60. The Hall–Kier alpha value is -0.540. The Balaban J connectivity index is 2.40. The molecule has 1 nitrogen and oxygen atoms in total. The fraction of sp³-hybridized carbons (Fsp3) is 0.625. The van der Waals surface area contributed by atoms with Gasteiger partial charge in [-0.25, -0.2) is 4.39 Å². The fourth-order valence-electron chi connectivity index (χ4n) is 1.81. The highest BCUT2D eigenvalue weighted by atomic mass is 32.2. The lowest BCUT2D eigenvalue weighted by molar-refractivity contribution is 0.548. The second-order valence-corrected chi connectivity index (χ2v) is 6.48. The molecule has 0 bridgehead atoms. The van der Waals surface area contributed by atoms with Crippen LogP contribution in [0.5, 0.6) is 0 Å². The van der Waals surface area contributed by atoms with Crippen LogP contribution in [0.1, 0.15) is 45.6 Å². The van der Waals surface area contributed by atoms with Crippen molar-refractivity contribution in [1.29, 1.82) is 0 Å². The van der Waals surface area contributed by atoms with Gasteiger partial charge in [0, 0.05) is 11.4 Å². The average molecular weight is 283 g/mol. The molecule has 0 unspecified atom stereocenters. The van der Waals surface area contributed by atoms with E-state index in [0.29, 0.717) is 5.92 Å². The zero-order chi connectivity index (χ0) is 14.1. The van der Waals surface area contributed by atoms with Gasteiger partial charge in [-0.15, -0.1) is 11.8 Å². The zero-order valence-corrected chi connectivity index (χ0v) is 13.2. The highest BCUT2D eigenvalue weighted by Gasteiger charge is 2.04. The zero-order valence-electron chi connectivity index (χ0n) is 12.3. The normalized spacial score (nSPS) is 11.2. The van der Waals surface area contributed by atoms with E-state index in [0.717, 1.165) is 35.7 Å².